The van der Waals surface area contributed by atoms with Crippen LogP contribution in [0.4, 0.5) is 0 Å². The third-order valence-electron chi connectivity index (χ3n) is 9.57. The van der Waals surface area contributed by atoms with E-state index in [2.05, 4.69) is 67.7 Å². The van der Waals surface area contributed by atoms with Gasteiger partial charge in [-0.1, -0.05) is 41.5 Å². The van der Waals surface area contributed by atoms with E-state index in [1.807, 2.05) is 41.5 Å². The molecule has 2 saturated carbocycles. The first-order valence-electron chi connectivity index (χ1n) is 16.3. The Balaban J connectivity index is 0.000000440. The molecule has 2 aliphatic carbocycles. The molecule has 0 aromatic heterocycles. The van der Waals surface area contributed by atoms with Crippen molar-refractivity contribution in [3.63, 3.8) is 0 Å². The zero-order chi connectivity index (χ0) is 34.8. The van der Waals surface area contributed by atoms with Crippen molar-refractivity contribution in [2.45, 2.75) is 181 Å². The molecule has 1 N–H and O–H groups in total. The highest BCUT2D eigenvalue weighted by molar-refractivity contribution is 6.74. The van der Waals surface area contributed by atoms with E-state index in [1.54, 1.807) is 0 Å². The van der Waals surface area contributed by atoms with Crippen LogP contribution in [0.2, 0.25) is 36.3 Å². The van der Waals surface area contributed by atoms with Crippen LogP contribution in [-0.4, -0.2) is 70.0 Å². The second-order valence-electron chi connectivity index (χ2n) is 18.5. The van der Waals surface area contributed by atoms with Crippen LogP contribution >= 0.6 is 0 Å². The van der Waals surface area contributed by atoms with Gasteiger partial charge in [0.15, 0.2) is 16.6 Å². The number of rotatable bonds is 10. The number of carbonyl (C=O) groups is 3. The average Bonchev–Trinajstić information content (AvgIpc) is 2.71. The predicted octanol–water partition coefficient (Wildman–Crippen LogP) is 7.97. The number of esters is 2. The minimum Gasteiger partial charge on any atom is -0.460 e. The maximum atomic E-state index is 12.0. The smallest absolute Gasteiger partial charge is 0.307 e. The van der Waals surface area contributed by atoms with Crippen LogP contribution in [0.5, 0.6) is 0 Å². The molecule has 8 nitrogen and oxygen atoms in total. The van der Waals surface area contributed by atoms with Crippen LogP contribution < -0.4 is 0 Å². The van der Waals surface area contributed by atoms with Gasteiger partial charge in [-0.15, -0.1) is 0 Å². The maximum Gasteiger partial charge on any atom is 0.307 e. The Morgan fingerprint density at radius 3 is 1.32 bits per heavy atom. The van der Waals surface area contributed by atoms with Gasteiger partial charge in [0.2, 0.25) is 0 Å². The van der Waals surface area contributed by atoms with E-state index in [1.165, 1.54) is 0 Å². The first-order chi connectivity index (χ1) is 19.4. The fourth-order valence-electron chi connectivity index (χ4n) is 5.07. The van der Waals surface area contributed by atoms with Crippen molar-refractivity contribution in [1.82, 2.24) is 0 Å². The number of aldehydes is 1. The monoisotopic (exact) mass is 658 g/mol. The molecule has 0 spiro atoms. The molecule has 0 aliphatic heterocycles. The normalized spacial score (nSPS) is 26.4. The summed E-state index contributed by atoms with van der Waals surface area (Å²) in [5.41, 5.74) is -1.93. The van der Waals surface area contributed by atoms with E-state index >= 15 is 0 Å². The average molecular weight is 659 g/mol. The predicted molar refractivity (Wildman–Crippen MR) is 182 cm³/mol. The third-order valence-corrected chi connectivity index (χ3v) is 18.6. The van der Waals surface area contributed by atoms with Gasteiger partial charge in [-0.05, 0) is 103 Å². The minimum absolute atomic E-state index is 0.0175. The molecule has 44 heavy (non-hydrogen) atoms. The Hall–Kier alpha value is -1.08. The zero-order valence-electron chi connectivity index (χ0n) is 31.0. The Morgan fingerprint density at radius 1 is 0.682 bits per heavy atom. The van der Waals surface area contributed by atoms with Crippen LogP contribution in [0, 0.1) is 10.8 Å². The molecule has 2 rings (SSSR count). The van der Waals surface area contributed by atoms with Crippen LogP contribution in [0.15, 0.2) is 0 Å². The van der Waals surface area contributed by atoms with Crippen LogP contribution in [-0.2, 0) is 32.7 Å². The molecule has 10 heteroatoms. The molecule has 258 valence electrons. The summed E-state index contributed by atoms with van der Waals surface area (Å²) in [4.78, 5) is 35.4. The largest absolute Gasteiger partial charge is 0.460 e. The fraction of sp³-hybridized carbons (Fsp3) is 0.912. The van der Waals surface area contributed by atoms with Crippen molar-refractivity contribution in [2.24, 2.45) is 10.8 Å². The lowest BCUT2D eigenvalue weighted by Crippen LogP contribution is -2.53. The summed E-state index contributed by atoms with van der Waals surface area (Å²) in [6.45, 7) is 33.3. The topological polar surface area (TPSA) is 108 Å². The molecule has 0 bridgehead atoms. The van der Waals surface area contributed by atoms with Gasteiger partial charge in [0, 0.05) is 29.6 Å². The first kappa shape index (κ1) is 40.9. The highest BCUT2D eigenvalue weighted by Gasteiger charge is 2.51. The standard InChI is InChI=1S/C17H34O4Si.C17H32O4Si/c2*1-15(2,3)20-14(19)11-17(12-18)9-13(10-17)21-22(7,8)16(4,5)6/h13,18H,9-12H2,1-8H3;12-13H,9-11H2,1-8H3. The van der Waals surface area contributed by atoms with E-state index in [-0.39, 0.29) is 59.1 Å². The summed E-state index contributed by atoms with van der Waals surface area (Å²) >= 11 is 0. The van der Waals surface area contributed by atoms with Crippen molar-refractivity contribution in [2.75, 3.05) is 6.61 Å². The molecular formula is C34H66O8Si2. The molecular weight excluding hydrogens is 593 g/mol. The van der Waals surface area contributed by atoms with Crippen molar-refractivity contribution >= 4 is 34.9 Å². The van der Waals surface area contributed by atoms with Gasteiger partial charge in [-0.2, -0.15) is 0 Å². The Bertz CT molecular complexity index is 981. The SMILES string of the molecule is CC(C)(C)OC(=O)CC1(C=O)CC(O[Si](C)(C)C(C)(C)C)C1.CC(C)(C)OC(=O)CC1(CO)CC(O[Si](C)(C)C(C)(C)C)C1. The van der Waals surface area contributed by atoms with Crippen LogP contribution in [0.25, 0.3) is 0 Å². The lowest BCUT2D eigenvalue weighted by molar-refractivity contribution is -0.164. The third kappa shape index (κ3) is 12.3. The van der Waals surface area contributed by atoms with Crippen molar-refractivity contribution in [3.05, 3.63) is 0 Å². The van der Waals surface area contributed by atoms with Gasteiger partial charge in [0.05, 0.1) is 12.8 Å². The lowest BCUT2D eigenvalue weighted by Gasteiger charge is -2.50. The second kappa shape index (κ2) is 14.0. The van der Waals surface area contributed by atoms with E-state index in [4.69, 9.17) is 18.3 Å². The van der Waals surface area contributed by atoms with Crippen molar-refractivity contribution in [3.8, 4) is 0 Å². The molecule has 0 heterocycles. The maximum absolute atomic E-state index is 12.0. The Labute approximate surface area is 271 Å². The van der Waals surface area contributed by atoms with Crippen molar-refractivity contribution in [1.29, 1.82) is 0 Å². The summed E-state index contributed by atoms with van der Waals surface area (Å²) < 4.78 is 23.4. The van der Waals surface area contributed by atoms with Gasteiger partial charge in [0.1, 0.15) is 17.5 Å². The Morgan fingerprint density at radius 2 is 1.02 bits per heavy atom. The number of aliphatic hydroxyl groups is 1. The number of carbonyl (C=O) groups excluding carboxylic acids is 3. The molecule has 2 aliphatic rings. The minimum atomic E-state index is -1.82. The molecule has 0 aromatic carbocycles. The summed E-state index contributed by atoms with van der Waals surface area (Å²) in [6.07, 6.45) is 4.35. The highest BCUT2D eigenvalue weighted by Crippen LogP contribution is 2.50. The van der Waals surface area contributed by atoms with E-state index in [9.17, 15) is 19.5 Å². The lowest BCUT2D eigenvalue weighted by atomic mass is 9.65. The number of hydrogen-bond acceptors (Lipinski definition) is 8. The van der Waals surface area contributed by atoms with Crippen molar-refractivity contribution < 1.29 is 37.8 Å². The fourth-order valence-corrected chi connectivity index (χ4v) is 7.77. The molecule has 0 aromatic rings. The number of ether oxygens (including phenoxy) is 2. The van der Waals surface area contributed by atoms with Gasteiger partial charge < -0.3 is 28.2 Å². The van der Waals surface area contributed by atoms with E-state index in [0.717, 1.165) is 19.1 Å². The summed E-state index contributed by atoms with van der Waals surface area (Å²) in [5.74, 6) is -0.530. The van der Waals surface area contributed by atoms with E-state index in [0.29, 0.717) is 12.8 Å². The quantitative estimate of drug-likeness (QED) is 0.143. The van der Waals surface area contributed by atoms with E-state index < -0.39 is 33.3 Å². The molecule has 0 radical (unpaired) electrons. The molecule has 2 fully saturated rings. The summed E-state index contributed by atoms with van der Waals surface area (Å²) in [6, 6.07) is 0. The molecule has 0 amide bonds. The van der Waals surface area contributed by atoms with Gasteiger partial charge in [-0.3, -0.25) is 9.59 Å². The van der Waals surface area contributed by atoms with Gasteiger partial charge >= 0.3 is 11.9 Å². The second-order valence-corrected chi connectivity index (χ2v) is 28.0. The zero-order valence-corrected chi connectivity index (χ0v) is 33.0. The van der Waals surface area contributed by atoms with Crippen LogP contribution in [0.3, 0.4) is 0 Å². The highest BCUT2D eigenvalue weighted by atomic mass is 28.4. The van der Waals surface area contributed by atoms with Gasteiger partial charge in [0.25, 0.3) is 0 Å². The number of hydrogen-bond donors (Lipinski definition) is 1. The van der Waals surface area contributed by atoms with Crippen LogP contribution in [0.1, 0.15) is 122 Å². The first-order valence-corrected chi connectivity index (χ1v) is 22.1. The molecule has 0 unspecified atom stereocenters. The van der Waals surface area contributed by atoms with Gasteiger partial charge in [-0.25, -0.2) is 0 Å². The molecule has 0 atom stereocenters. The number of aliphatic hydroxyl groups excluding tert-OH is 1. The summed E-state index contributed by atoms with van der Waals surface area (Å²) in [7, 11) is -3.61. The Kier molecular flexibility index (Phi) is 13.0. The summed E-state index contributed by atoms with van der Waals surface area (Å²) in [5, 5.41) is 10.0. The molecule has 0 saturated heterocycles.